The number of methoxy groups -OCH3 is 1. The first-order valence-corrected chi connectivity index (χ1v) is 7.74. The average Bonchev–Trinajstić information content (AvgIpc) is 2.48. The zero-order valence-corrected chi connectivity index (χ0v) is 13.8. The molecule has 1 fully saturated rings. The molecule has 5 nitrogen and oxygen atoms in total. The molecule has 120 valence electrons. The summed E-state index contributed by atoms with van der Waals surface area (Å²) in [6.45, 7) is 5.06. The summed E-state index contributed by atoms with van der Waals surface area (Å²) >= 11 is 5.99. The van der Waals surface area contributed by atoms with Crippen LogP contribution in [0.3, 0.4) is 0 Å². The van der Waals surface area contributed by atoms with E-state index in [1.807, 2.05) is 13.8 Å². The minimum Gasteiger partial charge on any atom is -0.495 e. The van der Waals surface area contributed by atoms with Gasteiger partial charge < -0.3 is 15.0 Å². The van der Waals surface area contributed by atoms with E-state index in [1.165, 1.54) is 7.11 Å². The highest BCUT2D eigenvalue weighted by atomic mass is 35.5. The van der Waals surface area contributed by atoms with E-state index in [0.717, 1.165) is 0 Å². The van der Waals surface area contributed by atoms with Crippen LogP contribution in [0.25, 0.3) is 0 Å². The van der Waals surface area contributed by atoms with Crippen LogP contribution < -0.4 is 10.1 Å². The summed E-state index contributed by atoms with van der Waals surface area (Å²) in [6, 6.07) is 4.48. The van der Waals surface area contributed by atoms with E-state index in [-0.39, 0.29) is 11.8 Å². The molecule has 1 aromatic carbocycles. The lowest BCUT2D eigenvalue weighted by atomic mass is 9.99. The fourth-order valence-electron chi connectivity index (χ4n) is 2.60. The molecule has 1 aliphatic rings. The number of benzene rings is 1. The number of ether oxygens (including phenoxy) is 1. The molecule has 22 heavy (non-hydrogen) atoms. The van der Waals surface area contributed by atoms with Gasteiger partial charge in [0.2, 0.25) is 5.91 Å². The van der Waals surface area contributed by atoms with Crippen LogP contribution in [0.5, 0.6) is 5.75 Å². The molecule has 1 N–H and O–H groups in total. The number of hydrogen-bond donors (Lipinski definition) is 1. The Kier molecular flexibility index (Phi) is 5.29. The van der Waals surface area contributed by atoms with E-state index < -0.39 is 6.04 Å². The third-order valence-electron chi connectivity index (χ3n) is 3.68. The lowest BCUT2D eigenvalue weighted by Gasteiger charge is -2.36. The van der Waals surface area contributed by atoms with Crippen LogP contribution >= 0.6 is 11.6 Å². The van der Waals surface area contributed by atoms with Gasteiger partial charge in [-0.25, -0.2) is 0 Å². The molecule has 0 saturated carbocycles. The number of carbonyl (C=O) groups excluding carboxylic acids is 2. The molecule has 0 bridgehead atoms. The predicted molar refractivity (Wildman–Crippen MR) is 85.3 cm³/mol. The highest BCUT2D eigenvalue weighted by Gasteiger charge is 2.34. The minimum absolute atomic E-state index is 0.0887. The first-order chi connectivity index (χ1) is 10.4. The van der Waals surface area contributed by atoms with Crippen molar-refractivity contribution in [2.75, 3.05) is 20.2 Å². The molecular formula is C16H21ClN2O3. The van der Waals surface area contributed by atoms with E-state index in [9.17, 15) is 9.59 Å². The Hall–Kier alpha value is -1.75. The number of nitrogens with zero attached hydrogens (tertiary/aromatic N) is 1. The number of piperazine rings is 1. The van der Waals surface area contributed by atoms with Gasteiger partial charge in [0.05, 0.1) is 12.1 Å². The van der Waals surface area contributed by atoms with Crippen molar-refractivity contribution in [2.24, 2.45) is 5.92 Å². The Morgan fingerprint density at radius 1 is 1.50 bits per heavy atom. The van der Waals surface area contributed by atoms with Gasteiger partial charge in [-0.3, -0.25) is 9.59 Å². The molecule has 2 rings (SSSR count). The maximum Gasteiger partial charge on any atom is 0.254 e. The summed E-state index contributed by atoms with van der Waals surface area (Å²) in [5.74, 6) is 0.517. The number of amides is 2. The molecular weight excluding hydrogens is 304 g/mol. The number of halogens is 1. The smallest absolute Gasteiger partial charge is 0.254 e. The zero-order valence-electron chi connectivity index (χ0n) is 13.1. The molecule has 0 spiro atoms. The van der Waals surface area contributed by atoms with E-state index in [2.05, 4.69) is 5.32 Å². The molecule has 1 saturated heterocycles. The molecule has 1 aromatic rings. The van der Waals surface area contributed by atoms with Crippen molar-refractivity contribution in [3.63, 3.8) is 0 Å². The SMILES string of the molecule is COc1cc(C(=O)N2CCNC(=O)C2CC(C)C)ccc1Cl. The normalized spacial score (nSPS) is 18.3. The summed E-state index contributed by atoms with van der Waals surface area (Å²) < 4.78 is 5.15. The average molecular weight is 325 g/mol. The van der Waals surface area contributed by atoms with Gasteiger partial charge in [-0.1, -0.05) is 25.4 Å². The number of carbonyl (C=O) groups is 2. The summed E-state index contributed by atoms with van der Waals surface area (Å²) in [4.78, 5) is 26.5. The van der Waals surface area contributed by atoms with Gasteiger partial charge in [0.1, 0.15) is 11.8 Å². The second kappa shape index (κ2) is 7.01. The highest BCUT2D eigenvalue weighted by Crippen LogP contribution is 2.26. The standard InChI is InChI=1S/C16H21ClN2O3/c1-10(2)8-13-15(20)18-6-7-19(13)16(21)11-4-5-12(17)14(9-11)22-3/h4-5,9-10,13H,6-8H2,1-3H3,(H,18,20). The fourth-order valence-corrected chi connectivity index (χ4v) is 2.79. The van der Waals surface area contributed by atoms with Crippen LogP contribution in [0, 0.1) is 5.92 Å². The molecule has 0 aromatic heterocycles. The summed E-state index contributed by atoms with van der Waals surface area (Å²) in [5, 5.41) is 3.28. The van der Waals surface area contributed by atoms with E-state index in [0.29, 0.717) is 41.8 Å². The molecule has 1 heterocycles. The molecule has 0 aliphatic carbocycles. The fraction of sp³-hybridized carbons (Fsp3) is 0.500. The first kappa shape index (κ1) is 16.6. The van der Waals surface area contributed by atoms with Gasteiger partial charge in [0.15, 0.2) is 0 Å². The minimum atomic E-state index is -0.428. The molecule has 1 atom stereocenters. The quantitative estimate of drug-likeness (QED) is 0.924. The Bertz CT molecular complexity index is 575. The third kappa shape index (κ3) is 3.53. The van der Waals surface area contributed by atoms with E-state index >= 15 is 0 Å². The van der Waals surface area contributed by atoms with Crippen molar-refractivity contribution in [1.29, 1.82) is 0 Å². The second-order valence-electron chi connectivity index (χ2n) is 5.78. The zero-order chi connectivity index (χ0) is 16.3. The largest absolute Gasteiger partial charge is 0.495 e. The van der Waals surface area contributed by atoms with E-state index in [4.69, 9.17) is 16.3 Å². The molecule has 6 heteroatoms. The van der Waals surface area contributed by atoms with Gasteiger partial charge >= 0.3 is 0 Å². The van der Waals surface area contributed by atoms with Crippen molar-refractivity contribution >= 4 is 23.4 Å². The Morgan fingerprint density at radius 2 is 2.23 bits per heavy atom. The molecule has 0 radical (unpaired) electrons. The molecule has 2 amide bonds. The summed E-state index contributed by atoms with van der Waals surface area (Å²) in [5.41, 5.74) is 0.477. The van der Waals surface area contributed by atoms with Gasteiger partial charge in [-0.2, -0.15) is 0 Å². The predicted octanol–water partition coefficient (Wildman–Crippen LogP) is 2.34. The number of nitrogens with one attached hydrogen (secondary N) is 1. The topological polar surface area (TPSA) is 58.6 Å². The van der Waals surface area contributed by atoms with Crippen molar-refractivity contribution in [3.05, 3.63) is 28.8 Å². The Balaban J connectivity index is 2.27. The van der Waals surface area contributed by atoms with Gasteiger partial charge in [0, 0.05) is 18.7 Å². The van der Waals surface area contributed by atoms with Crippen molar-refractivity contribution in [2.45, 2.75) is 26.3 Å². The highest BCUT2D eigenvalue weighted by molar-refractivity contribution is 6.32. The maximum atomic E-state index is 12.8. The first-order valence-electron chi connectivity index (χ1n) is 7.36. The second-order valence-corrected chi connectivity index (χ2v) is 6.19. The van der Waals surface area contributed by atoms with Gasteiger partial charge in [-0.15, -0.1) is 0 Å². The van der Waals surface area contributed by atoms with Crippen molar-refractivity contribution in [3.8, 4) is 5.75 Å². The van der Waals surface area contributed by atoms with Gasteiger partial charge in [0.25, 0.3) is 5.91 Å². The Morgan fingerprint density at radius 3 is 2.86 bits per heavy atom. The van der Waals surface area contributed by atoms with E-state index in [1.54, 1.807) is 23.1 Å². The van der Waals surface area contributed by atoms with Crippen molar-refractivity contribution in [1.82, 2.24) is 10.2 Å². The third-order valence-corrected chi connectivity index (χ3v) is 4.00. The van der Waals surface area contributed by atoms with Crippen LogP contribution in [-0.2, 0) is 4.79 Å². The summed E-state index contributed by atoms with van der Waals surface area (Å²) in [7, 11) is 1.51. The number of hydrogen-bond acceptors (Lipinski definition) is 3. The monoisotopic (exact) mass is 324 g/mol. The maximum absolute atomic E-state index is 12.8. The van der Waals surface area contributed by atoms with Gasteiger partial charge in [-0.05, 0) is 30.5 Å². The van der Waals surface area contributed by atoms with Crippen LogP contribution in [0.2, 0.25) is 5.02 Å². The van der Waals surface area contributed by atoms with Crippen LogP contribution in [-0.4, -0.2) is 43.0 Å². The Labute approximate surface area is 135 Å². The van der Waals surface area contributed by atoms with Crippen molar-refractivity contribution < 1.29 is 14.3 Å². The van der Waals surface area contributed by atoms with Crippen LogP contribution in [0.15, 0.2) is 18.2 Å². The lowest BCUT2D eigenvalue weighted by molar-refractivity contribution is -0.128. The molecule has 1 unspecified atom stereocenters. The molecule has 1 aliphatic heterocycles. The lowest BCUT2D eigenvalue weighted by Crippen LogP contribution is -2.57. The number of rotatable bonds is 4. The van der Waals surface area contributed by atoms with Crippen LogP contribution in [0.1, 0.15) is 30.6 Å². The summed E-state index contributed by atoms with van der Waals surface area (Å²) in [6.07, 6.45) is 0.641. The van der Waals surface area contributed by atoms with Crippen LogP contribution in [0.4, 0.5) is 0 Å².